The van der Waals surface area contributed by atoms with Crippen LogP contribution in [0, 0.1) is 6.92 Å². The highest BCUT2D eigenvalue weighted by Gasteiger charge is 2.04. The molecule has 0 bridgehead atoms. The minimum absolute atomic E-state index is 0.266. The van der Waals surface area contributed by atoms with E-state index in [2.05, 4.69) is 15.9 Å². The number of benzene rings is 1. The van der Waals surface area contributed by atoms with E-state index in [0.717, 1.165) is 21.9 Å². The van der Waals surface area contributed by atoms with Gasteiger partial charge in [0.15, 0.2) is 0 Å². The number of hydrogen-bond donors (Lipinski definition) is 1. The van der Waals surface area contributed by atoms with Gasteiger partial charge in [-0.05, 0) is 36.6 Å². The molecule has 0 atom stereocenters. The van der Waals surface area contributed by atoms with Crippen LogP contribution in [0.25, 0.3) is 0 Å². The molecule has 1 aromatic carbocycles. The number of aromatic hydroxyl groups is 1. The third-order valence-corrected chi connectivity index (χ3v) is 2.75. The Labute approximate surface area is 85.7 Å². The van der Waals surface area contributed by atoms with Crippen molar-refractivity contribution >= 4 is 22.2 Å². The van der Waals surface area contributed by atoms with Crippen LogP contribution in [-0.2, 0) is 11.2 Å². The van der Waals surface area contributed by atoms with Crippen molar-refractivity contribution in [2.45, 2.75) is 19.8 Å². The molecule has 0 amide bonds. The van der Waals surface area contributed by atoms with E-state index in [-0.39, 0.29) is 5.75 Å². The molecule has 0 radical (unpaired) electrons. The third kappa shape index (κ3) is 2.56. The van der Waals surface area contributed by atoms with Gasteiger partial charge < -0.3 is 9.90 Å². The quantitative estimate of drug-likeness (QED) is 0.828. The molecule has 1 rings (SSSR count). The van der Waals surface area contributed by atoms with Crippen molar-refractivity contribution < 1.29 is 9.90 Å². The van der Waals surface area contributed by atoms with Gasteiger partial charge >= 0.3 is 0 Å². The predicted octanol–water partition coefficient (Wildman–Crippen LogP) is 2.59. The van der Waals surface area contributed by atoms with Crippen LogP contribution >= 0.6 is 15.9 Å². The second-order valence-corrected chi connectivity index (χ2v) is 3.79. The number of aldehydes is 1. The molecule has 3 heteroatoms. The summed E-state index contributed by atoms with van der Waals surface area (Å²) in [4.78, 5) is 10.1. The second-order valence-electron chi connectivity index (χ2n) is 2.94. The number of phenols is 1. The highest BCUT2D eigenvalue weighted by Crippen LogP contribution is 2.26. The van der Waals surface area contributed by atoms with Crippen LogP contribution in [0.15, 0.2) is 16.6 Å². The summed E-state index contributed by atoms with van der Waals surface area (Å²) in [5, 5.41) is 9.51. The van der Waals surface area contributed by atoms with E-state index >= 15 is 0 Å². The largest absolute Gasteiger partial charge is 0.508 e. The van der Waals surface area contributed by atoms with Crippen molar-refractivity contribution in [1.82, 2.24) is 0 Å². The number of hydrogen-bond acceptors (Lipinski definition) is 2. The topological polar surface area (TPSA) is 37.3 Å². The average Bonchev–Trinajstić information content (AvgIpc) is 2.09. The van der Waals surface area contributed by atoms with Gasteiger partial charge in [-0.1, -0.05) is 15.9 Å². The van der Waals surface area contributed by atoms with Gasteiger partial charge in [0.25, 0.3) is 0 Å². The van der Waals surface area contributed by atoms with Gasteiger partial charge in [-0.25, -0.2) is 0 Å². The molecule has 0 aliphatic heterocycles. The van der Waals surface area contributed by atoms with E-state index in [1.807, 2.05) is 13.0 Å². The monoisotopic (exact) mass is 242 g/mol. The summed E-state index contributed by atoms with van der Waals surface area (Å²) >= 11 is 3.37. The maximum absolute atomic E-state index is 10.1. The molecule has 0 aliphatic rings. The molecular weight excluding hydrogens is 232 g/mol. The van der Waals surface area contributed by atoms with Gasteiger partial charge in [-0.15, -0.1) is 0 Å². The van der Waals surface area contributed by atoms with Crippen molar-refractivity contribution in [2.75, 3.05) is 0 Å². The lowest BCUT2D eigenvalue weighted by Crippen LogP contribution is -1.89. The molecule has 0 spiro atoms. The Balaban J connectivity index is 2.94. The Morgan fingerprint density at radius 2 is 2.23 bits per heavy atom. The number of rotatable bonds is 3. The first-order valence-electron chi connectivity index (χ1n) is 4.06. The van der Waals surface area contributed by atoms with Gasteiger partial charge in [0.1, 0.15) is 12.0 Å². The second kappa shape index (κ2) is 4.42. The predicted molar refractivity (Wildman–Crippen MR) is 54.9 cm³/mol. The van der Waals surface area contributed by atoms with Gasteiger partial charge in [0.2, 0.25) is 0 Å². The summed E-state index contributed by atoms with van der Waals surface area (Å²) in [7, 11) is 0. The van der Waals surface area contributed by atoms with Crippen LogP contribution < -0.4 is 0 Å². The smallest absolute Gasteiger partial charge is 0.120 e. The van der Waals surface area contributed by atoms with E-state index < -0.39 is 0 Å². The lowest BCUT2D eigenvalue weighted by Gasteiger charge is -2.05. The molecule has 1 aromatic rings. The summed E-state index contributed by atoms with van der Waals surface area (Å²) in [6, 6.07) is 3.55. The fraction of sp³-hybridized carbons (Fsp3) is 0.300. The molecule has 2 nitrogen and oxygen atoms in total. The van der Waals surface area contributed by atoms with E-state index in [9.17, 15) is 9.90 Å². The van der Waals surface area contributed by atoms with E-state index in [1.54, 1.807) is 6.07 Å². The Morgan fingerprint density at radius 1 is 1.54 bits per heavy atom. The fourth-order valence-electron chi connectivity index (χ4n) is 1.12. The molecule has 0 fully saturated rings. The maximum atomic E-state index is 10.1. The van der Waals surface area contributed by atoms with E-state index in [0.29, 0.717) is 12.8 Å². The van der Waals surface area contributed by atoms with Crippen LogP contribution in [0.5, 0.6) is 5.75 Å². The van der Waals surface area contributed by atoms with Crippen molar-refractivity contribution in [3.63, 3.8) is 0 Å². The molecule has 0 saturated heterocycles. The standard InChI is InChI=1S/C10H11BrO2/c1-7-5-10(13)8(3-2-4-12)6-9(7)11/h4-6,13H,2-3H2,1H3. The molecule has 1 N–H and O–H groups in total. The fourth-order valence-corrected chi connectivity index (χ4v) is 1.51. The zero-order valence-corrected chi connectivity index (χ0v) is 8.97. The summed E-state index contributed by atoms with van der Waals surface area (Å²) in [6.45, 7) is 1.91. The molecule has 13 heavy (non-hydrogen) atoms. The Bertz CT molecular complexity index is 321. The maximum Gasteiger partial charge on any atom is 0.120 e. The lowest BCUT2D eigenvalue weighted by atomic mass is 10.1. The van der Waals surface area contributed by atoms with Crippen molar-refractivity contribution in [3.8, 4) is 5.75 Å². The summed E-state index contributed by atoms with van der Waals surface area (Å²) in [6.07, 6.45) is 1.89. The highest BCUT2D eigenvalue weighted by molar-refractivity contribution is 9.10. The highest BCUT2D eigenvalue weighted by atomic mass is 79.9. The van der Waals surface area contributed by atoms with Crippen LogP contribution in [0.4, 0.5) is 0 Å². The minimum Gasteiger partial charge on any atom is -0.508 e. The van der Waals surface area contributed by atoms with Gasteiger partial charge in [-0.2, -0.15) is 0 Å². The van der Waals surface area contributed by atoms with E-state index in [1.165, 1.54) is 0 Å². The Hall–Kier alpha value is -0.830. The van der Waals surface area contributed by atoms with Crippen molar-refractivity contribution in [1.29, 1.82) is 0 Å². The average molecular weight is 243 g/mol. The van der Waals surface area contributed by atoms with E-state index in [4.69, 9.17) is 0 Å². The molecule has 0 heterocycles. The van der Waals surface area contributed by atoms with Crippen LogP contribution in [0.2, 0.25) is 0 Å². The molecule has 0 saturated carbocycles. The lowest BCUT2D eigenvalue weighted by molar-refractivity contribution is -0.107. The molecule has 70 valence electrons. The number of carbonyl (C=O) groups excluding carboxylic acids is 1. The number of halogens is 1. The number of aryl methyl sites for hydroxylation is 2. The zero-order valence-electron chi connectivity index (χ0n) is 7.38. The molecule has 0 aromatic heterocycles. The first kappa shape index (κ1) is 10.3. The zero-order chi connectivity index (χ0) is 9.84. The normalized spacial score (nSPS) is 10.0. The van der Waals surface area contributed by atoms with Crippen LogP contribution in [-0.4, -0.2) is 11.4 Å². The first-order valence-corrected chi connectivity index (χ1v) is 4.86. The van der Waals surface area contributed by atoms with Gasteiger partial charge in [0.05, 0.1) is 0 Å². The van der Waals surface area contributed by atoms with Crippen LogP contribution in [0.1, 0.15) is 17.5 Å². The number of phenolic OH excluding ortho intramolecular Hbond substituents is 1. The van der Waals surface area contributed by atoms with Gasteiger partial charge in [-0.3, -0.25) is 0 Å². The summed E-state index contributed by atoms with van der Waals surface area (Å²) in [5.41, 5.74) is 1.80. The summed E-state index contributed by atoms with van der Waals surface area (Å²) in [5.74, 6) is 0.266. The Kier molecular flexibility index (Phi) is 3.48. The summed E-state index contributed by atoms with van der Waals surface area (Å²) < 4.78 is 0.964. The molecule has 0 unspecified atom stereocenters. The van der Waals surface area contributed by atoms with Crippen molar-refractivity contribution in [2.24, 2.45) is 0 Å². The molecular formula is C10H11BrO2. The van der Waals surface area contributed by atoms with Gasteiger partial charge in [0, 0.05) is 10.9 Å². The Morgan fingerprint density at radius 3 is 2.85 bits per heavy atom. The minimum atomic E-state index is 0.266. The first-order chi connectivity index (χ1) is 6.15. The third-order valence-electron chi connectivity index (χ3n) is 1.89. The SMILES string of the molecule is Cc1cc(O)c(CCC=O)cc1Br. The number of carbonyl (C=O) groups is 1. The molecule has 0 aliphatic carbocycles. The van der Waals surface area contributed by atoms with Crippen LogP contribution in [0.3, 0.4) is 0 Å². The van der Waals surface area contributed by atoms with Crippen molar-refractivity contribution in [3.05, 3.63) is 27.7 Å².